The first-order valence-corrected chi connectivity index (χ1v) is 11.2. The van der Waals surface area contributed by atoms with Crippen LogP contribution in [0.5, 0.6) is 0 Å². The second-order valence-corrected chi connectivity index (χ2v) is 9.06. The van der Waals surface area contributed by atoms with Gasteiger partial charge < -0.3 is 30.5 Å². The highest BCUT2D eigenvalue weighted by Crippen LogP contribution is 2.35. The zero-order valence-electron chi connectivity index (χ0n) is 18.2. The Morgan fingerprint density at radius 1 is 1.03 bits per heavy atom. The lowest BCUT2D eigenvalue weighted by molar-refractivity contribution is -0.231. The van der Waals surface area contributed by atoms with Crippen LogP contribution in [0, 0.1) is 0 Å². The van der Waals surface area contributed by atoms with Crippen LogP contribution in [0.25, 0.3) is 0 Å². The van der Waals surface area contributed by atoms with E-state index in [1.165, 1.54) is 22.4 Å². The van der Waals surface area contributed by atoms with E-state index in [0.717, 1.165) is 36.9 Å². The number of aliphatic hydroxyl groups is 4. The molecule has 2 aliphatic heterocycles. The van der Waals surface area contributed by atoms with Crippen LogP contribution in [0.15, 0.2) is 36.4 Å². The van der Waals surface area contributed by atoms with E-state index in [2.05, 4.69) is 43.4 Å². The second kappa shape index (κ2) is 9.27. The Morgan fingerprint density at radius 2 is 1.84 bits per heavy atom. The molecule has 2 heterocycles. The smallest absolute Gasteiger partial charge is 0.113 e. The third-order valence-corrected chi connectivity index (χ3v) is 6.51. The van der Waals surface area contributed by atoms with Crippen molar-refractivity contribution in [1.82, 2.24) is 0 Å². The lowest BCUT2D eigenvalue weighted by Gasteiger charge is -2.40. The molecule has 6 nitrogen and oxygen atoms in total. The molecule has 2 aromatic rings. The van der Waals surface area contributed by atoms with Crippen molar-refractivity contribution in [2.24, 2.45) is 0 Å². The Kier molecular flexibility index (Phi) is 6.65. The number of hydrogen-bond donors (Lipinski definition) is 5. The van der Waals surface area contributed by atoms with Crippen LogP contribution in [-0.2, 0) is 17.6 Å². The summed E-state index contributed by atoms with van der Waals surface area (Å²) in [5, 5.41) is 43.8. The molecule has 0 amide bonds. The van der Waals surface area contributed by atoms with Crippen LogP contribution in [-0.4, -0.2) is 58.0 Å². The van der Waals surface area contributed by atoms with E-state index in [9.17, 15) is 20.4 Å². The maximum atomic E-state index is 10.5. The summed E-state index contributed by atoms with van der Waals surface area (Å²) < 4.78 is 5.78. The first-order valence-electron chi connectivity index (χ1n) is 11.2. The number of benzene rings is 2. The number of fused-ring (bicyclic) bond motifs is 1. The monoisotopic (exact) mass is 427 g/mol. The van der Waals surface area contributed by atoms with Gasteiger partial charge in [0.1, 0.15) is 30.5 Å². The Hall–Kier alpha value is -1.96. The summed E-state index contributed by atoms with van der Waals surface area (Å²) in [6.45, 7) is 4.90. The lowest BCUT2D eigenvalue weighted by atomic mass is 9.86. The van der Waals surface area contributed by atoms with Crippen LogP contribution >= 0.6 is 0 Å². The van der Waals surface area contributed by atoms with Crippen LogP contribution in [0.3, 0.4) is 0 Å². The minimum absolute atomic E-state index is 0.332. The number of ether oxygens (including phenoxy) is 1. The zero-order valence-corrected chi connectivity index (χ0v) is 18.2. The first kappa shape index (κ1) is 22.2. The molecule has 168 valence electrons. The van der Waals surface area contributed by atoms with Crippen molar-refractivity contribution in [3.05, 3.63) is 64.2 Å². The molecule has 31 heavy (non-hydrogen) atoms. The largest absolute Gasteiger partial charge is 0.394 e. The van der Waals surface area contributed by atoms with E-state index < -0.39 is 37.1 Å². The first-order chi connectivity index (χ1) is 14.9. The van der Waals surface area contributed by atoms with Gasteiger partial charge in [0.25, 0.3) is 0 Å². The van der Waals surface area contributed by atoms with Gasteiger partial charge in [0.15, 0.2) is 0 Å². The number of hydrogen-bond acceptors (Lipinski definition) is 6. The summed E-state index contributed by atoms with van der Waals surface area (Å²) in [4.78, 5) is 0. The topological polar surface area (TPSA) is 102 Å². The molecule has 2 aromatic carbocycles. The summed E-state index contributed by atoms with van der Waals surface area (Å²) in [5.74, 6) is 0.332. The Bertz CT molecular complexity index is 913. The predicted molar refractivity (Wildman–Crippen MR) is 119 cm³/mol. The Balaban J connectivity index is 1.65. The Morgan fingerprint density at radius 3 is 2.58 bits per heavy atom. The number of nitrogens with one attached hydrogen (secondary N) is 1. The molecule has 2 aliphatic rings. The molecule has 1 fully saturated rings. The Labute approximate surface area is 183 Å². The quantitative estimate of drug-likeness (QED) is 0.502. The van der Waals surface area contributed by atoms with Gasteiger partial charge >= 0.3 is 0 Å². The van der Waals surface area contributed by atoms with Gasteiger partial charge in [-0.05, 0) is 59.1 Å². The highest BCUT2D eigenvalue weighted by atomic mass is 16.5. The van der Waals surface area contributed by atoms with Crippen molar-refractivity contribution in [3.63, 3.8) is 0 Å². The molecule has 0 radical (unpaired) electrons. The molecule has 4 rings (SSSR count). The van der Waals surface area contributed by atoms with Crippen LogP contribution in [0.1, 0.15) is 60.1 Å². The SMILES string of the molecule is CC(C)c1ccc(C2OC(CO)C(O)C(O)C2O)cc1Cc1ccc2c(c1)CCCN2. The van der Waals surface area contributed by atoms with Crippen molar-refractivity contribution in [1.29, 1.82) is 0 Å². The molecular formula is C25H33NO5. The van der Waals surface area contributed by atoms with Crippen LogP contribution < -0.4 is 5.32 Å². The average Bonchev–Trinajstić information content (AvgIpc) is 2.77. The fraction of sp³-hybridized carbons (Fsp3) is 0.520. The van der Waals surface area contributed by atoms with Gasteiger partial charge in [0.05, 0.1) is 6.61 Å². The van der Waals surface area contributed by atoms with Crippen molar-refractivity contribution in [2.75, 3.05) is 18.5 Å². The lowest BCUT2D eigenvalue weighted by Crippen LogP contribution is -2.55. The fourth-order valence-electron chi connectivity index (χ4n) is 4.75. The molecule has 6 heteroatoms. The number of rotatable bonds is 5. The van der Waals surface area contributed by atoms with Gasteiger partial charge in [0, 0.05) is 12.2 Å². The minimum atomic E-state index is -1.38. The van der Waals surface area contributed by atoms with Gasteiger partial charge in [-0.25, -0.2) is 0 Å². The summed E-state index contributed by atoms with van der Waals surface area (Å²) in [7, 11) is 0. The standard InChI is InChI=1S/C25H33NO5/c1-14(2)19-7-6-17(25-24(30)23(29)22(28)21(13-27)31-25)12-18(19)11-15-5-8-20-16(10-15)4-3-9-26-20/h5-8,10,12,14,21-30H,3-4,9,11,13H2,1-2H3. The molecule has 5 unspecified atom stereocenters. The van der Waals surface area contributed by atoms with E-state index in [1.54, 1.807) is 0 Å². The molecule has 5 atom stereocenters. The van der Waals surface area contributed by atoms with Gasteiger partial charge in [-0.3, -0.25) is 0 Å². The number of aliphatic hydroxyl groups excluding tert-OH is 4. The molecule has 0 aliphatic carbocycles. The van der Waals surface area contributed by atoms with Crippen molar-refractivity contribution < 1.29 is 25.2 Å². The third-order valence-electron chi connectivity index (χ3n) is 6.51. The summed E-state index contributed by atoms with van der Waals surface area (Å²) >= 11 is 0. The molecule has 5 N–H and O–H groups in total. The summed E-state index contributed by atoms with van der Waals surface area (Å²) in [6.07, 6.45) is -2.75. The van der Waals surface area contributed by atoms with E-state index in [4.69, 9.17) is 4.74 Å². The molecule has 1 saturated heterocycles. The van der Waals surface area contributed by atoms with Gasteiger partial charge in [-0.15, -0.1) is 0 Å². The molecule has 0 spiro atoms. The number of aryl methyl sites for hydroxylation is 1. The molecule has 0 aromatic heterocycles. The molecular weight excluding hydrogens is 394 g/mol. The highest BCUT2D eigenvalue weighted by Gasteiger charge is 2.44. The van der Waals surface area contributed by atoms with Crippen molar-refractivity contribution in [3.8, 4) is 0 Å². The van der Waals surface area contributed by atoms with Gasteiger partial charge in [-0.2, -0.15) is 0 Å². The minimum Gasteiger partial charge on any atom is -0.394 e. The van der Waals surface area contributed by atoms with E-state index in [0.29, 0.717) is 5.92 Å². The van der Waals surface area contributed by atoms with Gasteiger partial charge in [-0.1, -0.05) is 44.2 Å². The second-order valence-electron chi connectivity index (χ2n) is 9.06. The van der Waals surface area contributed by atoms with E-state index in [-0.39, 0.29) is 0 Å². The maximum Gasteiger partial charge on any atom is 0.113 e. The van der Waals surface area contributed by atoms with Crippen LogP contribution in [0.4, 0.5) is 5.69 Å². The van der Waals surface area contributed by atoms with Crippen molar-refractivity contribution >= 4 is 5.69 Å². The summed E-state index contributed by atoms with van der Waals surface area (Å²) in [5.41, 5.74) is 6.90. The van der Waals surface area contributed by atoms with Crippen LogP contribution in [0.2, 0.25) is 0 Å². The molecule has 0 bridgehead atoms. The fourth-order valence-corrected chi connectivity index (χ4v) is 4.75. The maximum absolute atomic E-state index is 10.5. The number of anilines is 1. The predicted octanol–water partition coefficient (Wildman–Crippen LogP) is 2.27. The van der Waals surface area contributed by atoms with E-state index in [1.807, 2.05) is 12.1 Å². The summed E-state index contributed by atoms with van der Waals surface area (Å²) in [6, 6.07) is 12.6. The molecule has 0 saturated carbocycles. The third kappa shape index (κ3) is 4.49. The normalized spacial score (nSPS) is 28.3. The van der Waals surface area contributed by atoms with Crippen molar-refractivity contribution in [2.45, 2.75) is 69.5 Å². The van der Waals surface area contributed by atoms with Gasteiger partial charge in [0.2, 0.25) is 0 Å². The zero-order chi connectivity index (χ0) is 22.1. The average molecular weight is 428 g/mol. The highest BCUT2D eigenvalue weighted by molar-refractivity contribution is 5.55. The van der Waals surface area contributed by atoms with E-state index >= 15 is 0 Å².